The first-order chi connectivity index (χ1) is 13.9. The third kappa shape index (κ3) is 4.37. The lowest BCUT2D eigenvalue weighted by Gasteiger charge is -2.09. The first-order valence-corrected chi connectivity index (χ1v) is 9.62. The Labute approximate surface area is 169 Å². The van der Waals surface area contributed by atoms with E-state index in [2.05, 4.69) is 12.0 Å². The third-order valence-electron chi connectivity index (χ3n) is 5.00. The van der Waals surface area contributed by atoms with E-state index in [1.807, 2.05) is 30.3 Å². The molecule has 2 N–H and O–H groups in total. The summed E-state index contributed by atoms with van der Waals surface area (Å²) in [6.07, 6.45) is 3.18. The fraction of sp³-hybridized carbons (Fsp3) is 0.261. The lowest BCUT2D eigenvalue weighted by molar-refractivity contribution is 0.0678. The number of unbranched alkanes of at least 4 members (excludes halogenated alkanes) is 1. The molecule has 0 unspecified atom stereocenters. The highest BCUT2D eigenvalue weighted by molar-refractivity contribution is 5.96. The number of carboxylic acids is 2. The van der Waals surface area contributed by atoms with E-state index in [1.165, 1.54) is 4.68 Å². The molecular weight excluding hydrogens is 368 g/mol. The summed E-state index contributed by atoms with van der Waals surface area (Å²) in [5.41, 5.74) is 4.46. The molecule has 150 valence electrons. The largest absolute Gasteiger partial charge is 0.478 e. The van der Waals surface area contributed by atoms with Crippen LogP contribution in [0.2, 0.25) is 0 Å². The van der Waals surface area contributed by atoms with Crippen LogP contribution in [0.15, 0.2) is 48.5 Å². The van der Waals surface area contributed by atoms with Gasteiger partial charge < -0.3 is 10.2 Å². The van der Waals surface area contributed by atoms with Gasteiger partial charge in [0.2, 0.25) is 0 Å². The van der Waals surface area contributed by atoms with E-state index < -0.39 is 11.9 Å². The van der Waals surface area contributed by atoms with Crippen molar-refractivity contribution in [1.29, 1.82) is 0 Å². The molecule has 0 saturated carbocycles. The molecule has 2 aromatic carbocycles. The Morgan fingerprint density at radius 2 is 1.69 bits per heavy atom. The van der Waals surface area contributed by atoms with Crippen molar-refractivity contribution in [2.45, 2.75) is 32.6 Å². The van der Waals surface area contributed by atoms with E-state index >= 15 is 0 Å². The number of aryl methyl sites for hydroxylation is 2. The second-order valence-corrected chi connectivity index (χ2v) is 7.03. The maximum absolute atomic E-state index is 11.7. The highest BCUT2D eigenvalue weighted by atomic mass is 16.4. The molecule has 0 saturated heterocycles. The normalized spacial score (nSPS) is 10.8. The first-order valence-electron chi connectivity index (χ1n) is 9.62. The van der Waals surface area contributed by atoms with Crippen LogP contribution in [0.25, 0.3) is 11.1 Å². The van der Waals surface area contributed by atoms with Crippen molar-refractivity contribution in [3.05, 3.63) is 76.6 Å². The molecule has 0 aliphatic rings. The Balaban J connectivity index is 1.93. The number of carbonyl (C=O) groups is 2. The summed E-state index contributed by atoms with van der Waals surface area (Å²) in [6.45, 7) is 2.09. The molecule has 0 aliphatic heterocycles. The fourth-order valence-corrected chi connectivity index (χ4v) is 3.55. The molecule has 0 aliphatic carbocycles. The minimum Gasteiger partial charge on any atom is -0.478 e. The Kier molecular flexibility index (Phi) is 6.12. The predicted octanol–water partition coefficient (Wildman–Crippen LogP) is 4.42. The number of hydrogen-bond donors (Lipinski definition) is 2. The summed E-state index contributed by atoms with van der Waals surface area (Å²) in [5, 5.41) is 23.5. The van der Waals surface area contributed by atoms with Crippen molar-refractivity contribution < 1.29 is 19.8 Å². The van der Waals surface area contributed by atoms with Crippen molar-refractivity contribution in [2.75, 3.05) is 0 Å². The molecule has 1 aromatic heterocycles. The molecule has 1 heterocycles. The summed E-state index contributed by atoms with van der Waals surface area (Å²) >= 11 is 0. The van der Waals surface area contributed by atoms with Crippen LogP contribution < -0.4 is 0 Å². The highest BCUT2D eigenvalue weighted by Crippen LogP contribution is 2.26. The first kappa shape index (κ1) is 20.3. The standard InChI is InChI=1S/C23H24N2O4/c1-3-4-9-20-19(21(23(28)29)25(2)24-20)14-15-10-12-16(13-11-15)17-7-5-6-8-18(17)22(26)27/h5-8,10-13H,3-4,9,14H2,1-2H3,(H,26,27)(H,28,29). The van der Waals surface area contributed by atoms with Crippen LogP contribution >= 0.6 is 0 Å². The van der Waals surface area contributed by atoms with Crippen LogP contribution in [0.1, 0.15) is 57.4 Å². The molecule has 3 aromatic rings. The summed E-state index contributed by atoms with van der Waals surface area (Å²) in [7, 11) is 1.66. The number of aromatic carboxylic acids is 2. The van der Waals surface area contributed by atoms with Gasteiger partial charge in [0, 0.05) is 19.0 Å². The summed E-state index contributed by atoms with van der Waals surface area (Å²) < 4.78 is 1.44. The minimum atomic E-state index is -0.982. The van der Waals surface area contributed by atoms with Gasteiger partial charge >= 0.3 is 11.9 Å². The molecule has 0 atom stereocenters. The second kappa shape index (κ2) is 8.73. The number of rotatable bonds is 8. The van der Waals surface area contributed by atoms with Crippen LogP contribution in [0.4, 0.5) is 0 Å². The van der Waals surface area contributed by atoms with E-state index in [0.29, 0.717) is 12.0 Å². The third-order valence-corrected chi connectivity index (χ3v) is 5.00. The maximum Gasteiger partial charge on any atom is 0.354 e. The van der Waals surface area contributed by atoms with E-state index in [1.54, 1.807) is 25.2 Å². The summed E-state index contributed by atoms with van der Waals surface area (Å²) in [5.74, 6) is -1.95. The zero-order valence-electron chi connectivity index (χ0n) is 16.6. The number of nitrogens with zero attached hydrogens (tertiary/aromatic N) is 2. The van der Waals surface area contributed by atoms with Crippen LogP contribution in [-0.4, -0.2) is 31.9 Å². The van der Waals surface area contributed by atoms with Crippen molar-refractivity contribution in [2.24, 2.45) is 7.05 Å². The number of hydrogen-bond acceptors (Lipinski definition) is 3. The summed E-state index contributed by atoms with van der Waals surface area (Å²) in [6, 6.07) is 14.5. The Hall–Kier alpha value is -3.41. The van der Waals surface area contributed by atoms with Gasteiger partial charge in [0.1, 0.15) is 5.69 Å². The van der Waals surface area contributed by atoms with E-state index in [0.717, 1.165) is 41.6 Å². The Morgan fingerprint density at radius 1 is 1.00 bits per heavy atom. The van der Waals surface area contributed by atoms with Gasteiger partial charge in [-0.1, -0.05) is 55.8 Å². The zero-order valence-corrected chi connectivity index (χ0v) is 16.6. The molecule has 3 rings (SSSR count). The van der Waals surface area contributed by atoms with Crippen molar-refractivity contribution in [3.8, 4) is 11.1 Å². The van der Waals surface area contributed by atoms with Gasteiger partial charge in [0.25, 0.3) is 0 Å². The molecule has 6 nitrogen and oxygen atoms in total. The van der Waals surface area contributed by atoms with Gasteiger partial charge in [-0.2, -0.15) is 5.10 Å². The topological polar surface area (TPSA) is 92.4 Å². The van der Waals surface area contributed by atoms with Gasteiger partial charge in [-0.15, -0.1) is 0 Å². The lowest BCUT2D eigenvalue weighted by atomic mass is 9.96. The Bertz CT molecular complexity index is 1040. The van der Waals surface area contributed by atoms with Gasteiger partial charge in [-0.25, -0.2) is 9.59 Å². The zero-order chi connectivity index (χ0) is 21.0. The van der Waals surface area contributed by atoms with Gasteiger partial charge in [0.15, 0.2) is 0 Å². The van der Waals surface area contributed by atoms with Crippen molar-refractivity contribution >= 4 is 11.9 Å². The minimum absolute atomic E-state index is 0.219. The Morgan fingerprint density at radius 3 is 2.31 bits per heavy atom. The second-order valence-electron chi connectivity index (χ2n) is 7.03. The average Bonchev–Trinajstić information content (AvgIpc) is 3.02. The molecule has 0 spiro atoms. The monoisotopic (exact) mass is 392 g/mol. The van der Waals surface area contributed by atoms with Crippen LogP contribution in [0.5, 0.6) is 0 Å². The highest BCUT2D eigenvalue weighted by Gasteiger charge is 2.21. The van der Waals surface area contributed by atoms with E-state index in [4.69, 9.17) is 0 Å². The number of benzene rings is 2. The average molecular weight is 392 g/mol. The van der Waals surface area contributed by atoms with Crippen LogP contribution in [0, 0.1) is 0 Å². The fourth-order valence-electron chi connectivity index (χ4n) is 3.55. The number of aromatic nitrogens is 2. The SMILES string of the molecule is CCCCc1nn(C)c(C(=O)O)c1Cc1ccc(-c2ccccc2C(=O)O)cc1. The van der Waals surface area contributed by atoms with Crippen LogP contribution in [-0.2, 0) is 19.9 Å². The predicted molar refractivity (Wildman–Crippen MR) is 110 cm³/mol. The maximum atomic E-state index is 11.7. The van der Waals surface area contributed by atoms with Crippen molar-refractivity contribution in [1.82, 2.24) is 9.78 Å². The molecule has 0 radical (unpaired) electrons. The molecule has 29 heavy (non-hydrogen) atoms. The molecule has 6 heteroatoms. The van der Waals surface area contributed by atoms with Gasteiger partial charge in [-0.05, 0) is 35.6 Å². The van der Waals surface area contributed by atoms with Crippen molar-refractivity contribution in [3.63, 3.8) is 0 Å². The molecular formula is C23H24N2O4. The lowest BCUT2D eigenvalue weighted by Crippen LogP contribution is -2.08. The van der Waals surface area contributed by atoms with E-state index in [-0.39, 0.29) is 11.3 Å². The molecule has 0 fully saturated rings. The molecule has 0 bridgehead atoms. The summed E-state index contributed by atoms with van der Waals surface area (Å²) in [4.78, 5) is 23.2. The number of carboxylic acid groups (broad SMARTS) is 2. The van der Waals surface area contributed by atoms with E-state index in [9.17, 15) is 19.8 Å². The van der Waals surface area contributed by atoms with Gasteiger partial charge in [-0.3, -0.25) is 4.68 Å². The van der Waals surface area contributed by atoms with Gasteiger partial charge in [0.05, 0.1) is 11.3 Å². The molecule has 0 amide bonds. The van der Waals surface area contributed by atoms with Crippen LogP contribution in [0.3, 0.4) is 0 Å². The quantitative estimate of drug-likeness (QED) is 0.592. The smallest absolute Gasteiger partial charge is 0.354 e.